The van der Waals surface area contributed by atoms with Crippen LogP contribution in [0.15, 0.2) is 66.6 Å². The Hall–Kier alpha value is -3.76. The van der Waals surface area contributed by atoms with Crippen molar-refractivity contribution in [1.82, 2.24) is 20.1 Å². The summed E-state index contributed by atoms with van der Waals surface area (Å²) in [5, 5.41) is 16.9. The maximum atomic E-state index is 12.4. The highest BCUT2D eigenvalue weighted by Crippen LogP contribution is 2.25. The van der Waals surface area contributed by atoms with Crippen LogP contribution in [-0.2, 0) is 9.53 Å². The Bertz CT molecular complexity index is 1020. The molecule has 0 aliphatic rings. The second-order valence-corrected chi connectivity index (χ2v) is 6.23. The number of ether oxygens (including phenoxy) is 1. The fourth-order valence-electron chi connectivity index (χ4n) is 2.75. The monoisotopic (exact) mass is 387 g/mol. The molecule has 0 radical (unpaired) electrons. The number of amides is 1. The molecule has 0 aliphatic carbocycles. The van der Waals surface area contributed by atoms with E-state index >= 15 is 0 Å². The topological polar surface area (TPSA) is 92.8 Å². The molecule has 0 atom stereocenters. The number of carbonyl (C=O) groups is 1. The van der Waals surface area contributed by atoms with Gasteiger partial charge < -0.3 is 10.1 Å². The zero-order valence-corrected chi connectivity index (χ0v) is 16.1. The van der Waals surface area contributed by atoms with E-state index in [1.54, 1.807) is 36.5 Å². The number of rotatable bonds is 8. The number of nitriles is 1. The first-order valence-corrected chi connectivity index (χ1v) is 9.17. The summed E-state index contributed by atoms with van der Waals surface area (Å²) in [5.74, 6) is -0.423. The van der Waals surface area contributed by atoms with Crippen molar-refractivity contribution in [2.45, 2.75) is 6.42 Å². The van der Waals surface area contributed by atoms with Gasteiger partial charge in [-0.15, -0.1) is 0 Å². The summed E-state index contributed by atoms with van der Waals surface area (Å²) in [7, 11) is 1.60. The molecule has 0 spiro atoms. The summed E-state index contributed by atoms with van der Waals surface area (Å²) >= 11 is 0. The summed E-state index contributed by atoms with van der Waals surface area (Å²) in [5.41, 5.74) is 2.98. The number of para-hydroxylation sites is 1. The first-order valence-electron chi connectivity index (χ1n) is 9.17. The molecule has 3 aromatic rings. The van der Waals surface area contributed by atoms with Crippen LogP contribution < -0.4 is 5.32 Å². The minimum atomic E-state index is -0.423. The van der Waals surface area contributed by atoms with Gasteiger partial charge >= 0.3 is 0 Å². The molecule has 1 N–H and O–H groups in total. The minimum Gasteiger partial charge on any atom is -0.385 e. The molecule has 0 saturated carbocycles. The number of methoxy groups -OCH3 is 1. The van der Waals surface area contributed by atoms with E-state index in [-0.39, 0.29) is 5.57 Å². The molecule has 2 heterocycles. The Labute approximate surface area is 169 Å². The standard InChI is InChI=1S/C22H21N5O2/c1-29-12-6-11-25-22(28)18(14-23)13-19-16-27(20-8-3-2-4-9-20)26-21(19)17-7-5-10-24-15-17/h2-5,7-10,13,15-16H,6,11-12H2,1H3,(H,25,28)/b18-13+. The van der Waals surface area contributed by atoms with E-state index in [4.69, 9.17) is 4.74 Å². The van der Waals surface area contributed by atoms with E-state index in [0.29, 0.717) is 30.8 Å². The summed E-state index contributed by atoms with van der Waals surface area (Å²) in [6.45, 7) is 0.977. The number of hydrogen-bond donors (Lipinski definition) is 1. The number of aromatic nitrogens is 3. The largest absolute Gasteiger partial charge is 0.385 e. The highest BCUT2D eigenvalue weighted by atomic mass is 16.5. The van der Waals surface area contributed by atoms with E-state index in [2.05, 4.69) is 15.4 Å². The van der Waals surface area contributed by atoms with Gasteiger partial charge in [-0.1, -0.05) is 18.2 Å². The molecule has 3 rings (SSSR count). The van der Waals surface area contributed by atoms with Crippen molar-refractivity contribution in [3.8, 4) is 23.0 Å². The second kappa shape index (κ2) is 9.97. The Balaban J connectivity index is 1.96. The van der Waals surface area contributed by atoms with Crippen LogP contribution in [0.2, 0.25) is 0 Å². The molecule has 1 amide bonds. The molecule has 2 aromatic heterocycles. The van der Waals surface area contributed by atoms with E-state index in [0.717, 1.165) is 11.3 Å². The molecular weight excluding hydrogens is 366 g/mol. The van der Waals surface area contributed by atoms with E-state index < -0.39 is 5.91 Å². The minimum absolute atomic E-state index is 0.0140. The fourth-order valence-corrected chi connectivity index (χ4v) is 2.75. The fraction of sp³-hybridized carbons (Fsp3) is 0.182. The lowest BCUT2D eigenvalue weighted by molar-refractivity contribution is -0.117. The van der Waals surface area contributed by atoms with Crippen LogP contribution in [0.3, 0.4) is 0 Å². The van der Waals surface area contributed by atoms with Gasteiger partial charge in [0.05, 0.1) is 5.69 Å². The number of hydrogen-bond acceptors (Lipinski definition) is 5. The van der Waals surface area contributed by atoms with E-state index in [1.807, 2.05) is 48.5 Å². The summed E-state index contributed by atoms with van der Waals surface area (Å²) < 4.78 is 6.69. The molecule has 0 bridgehead atoms. The molecular formula is C22H21N5O2. The van der Waals surface area contributed by atoms with Crippen LogP contribution in [0.25, 0.3) is 23.0 Å². The molecule has 7 heteroatoms. The van der Waals surface area contributed by atoms with Crippen LogP contribution in [0, 0.1) is 11.3 Å². The van der Waals surface area contributed by atoms with Gasteiger partial charge in [-0.05, 0) is 36.8 Å². The van der Waals surface area contributed by atoms with Gasteiger partial charge in [-0.3, -0.25) is 9.78 Å². The third-order valence-electron chi connectivity index (χ3n) is 4.17. The highest BCUT2D eigenvalue weighted by molar-refractivity contribution is 6.02. The average molecular weight is 387 g/mol. The van der Waals surface area contributed by atoms with Crippen molar-refractivity contribution in [2.75, 3.05) is 20.3 Å². The predicted molar refractivity (Wildman–Crippen MR) is 110 cm³/mol. The van der Waals surface area contributed by atoms with Crippen LogP contribution >= 0.6 is 0 Å². The Morgan fingerprint density at radius 3 is 2.79 bits per heavy atom. The lowest BCUT2D eigenvalue weighted by Gasteiger charge is -2.03. The number of nitrogens with one attached hydrogen (secondary N) is 1. The number of carbonyl (C=O) groups excluding carboxylic acids is 1. The van der Waals surface area contributed by atoms with E-state index in [1.165, 1.54) is 0 Å². The van der Waals surface area contributed by atoms with Crippen molar-refractivity contribution in [2.24, 2.45) is 0 Å². The summed E-state index contributed by atoms with van der Waals surface area (Å²) in [4.78, 5) is 16.5. The smallest absolute Gasteiger partial charge is 0.261 e. The van der Waals surface area contributed by atoms with Gasteiger partial charge in [0.15, 0.2) is 0 Å². The predicted octanol–water partition coefficient (Wildman–Crippen LogP) is 2.99. The Morgan fingerprint density at radius 1 is 1.28 bits per heavy atom. The van der Waals surface area contributed by atoms with Gasteiger partial charge in [0.25, 0.3) is 5.91 Å². The quantitative estimate of drug-likeness (QED) is 0.364. The van der Waals surface area contributed by atoms with Crippen molar-refractivity contribution in [3.63, 3.8) is 0 Å². The summed E-state index contributed by atoms with van der Waals surface area (Å²) in [6.07, 6.45) is 7.41. The molecule has 7 nitrogen and oxygen atoms in total. The highest BCUT2D eigenvalue weighted by Gasteiger charge is 2.15. The second-order valence-electron chi connectivity index (χ2n) is 6.23. The normalized spacial score (nSPS) is 11.1. The number of nitrogens with zero attached hydrogens (tertiary/aromatic N) is 4. The number of pyridine rings is 1. The molecule has 0 aliphatic heterocycles. The van der Waals surface area contributed by atoms with Crippen LogP contribution in [0.1, 0.15) is 12.0 Å². The molecule has 0 saturated heterocycles. The zero-order chi connectivity index (χ0) is 20.5. The number of benzene rings is 1. The van der Waals surface area contributed by atoms with Crippen LogP contribution in [0.5, 0.6) is 0 Å². The first-order chi connectivity index (χ1) is 14.2. The lowest BCUT2D eigenvalue weighted by Crippen LogP contribution is -2.26. The Kier molecular flexibility index (Phi) is 6.87. The van der Waals surface area contributed by atoms with Gasteiger partial charge in [0, 0.05) is 50.0 Å². The molecule has 1 aromatic carbocycles. The van der Waals surface area contributed by atoms with Gasteiger partial charge in [0.1, 0.15) is 17.3 Å². The maximum Gasteiger partial charge on any atom is 0.261 e. The van der Waals surface area contributed by atoms with Crippen molar-refractivity contribution >= 4 is 12.0 Å². The molecule has 146 valence electrons. The molecule has 29 heavy (non-hydrogen) atoms. The van der Waals surface area contributed by atoms with E-state index in [9.17, 15) is 10.1 Å². The van der Waals surface area contributed by atoms with Gasteiger partial charge in [-0.25, -0.2) is 4.68 Å². The van der Waals surface area contributed by atoms with Crippen molar-refractivity contribution in [1.29, 1.82) is 5.26 Å². The van der Waals surface area contributed by atoms with Crippen molar-refractivity contribution in [3.05, 3.63) is 72.2 Å². The van der Waals surface area contributed by atoms with Gasteiger partial charge in [-0.2, -0.15) is 10.4 Å². The Morgan fingerprint density at radius 2 is 2.10 bits per heavy atom. The van der Waals surface area contributed by atoms with Crippen LogP contribution in [0.4, 0.5) is 0 Å². The maximum absolute atomic E-state index is 12.4. The molecule has 0 unspecified atom stereocenters. The summed E-state index contributed by atoms with van der Waals surface area (Å²) in [6, 6.07) is 15.3. The first kappa shape index (κ1) is 20.0. The van der Waals surface area contributed by atoms with Crippen molar-refractivity contribution < 1.29 is 9.53 Å². The third-order valence-corrected chi connectivity index (χ3v) is 4.17. The lowest BCUT2D eigenvalue weighted by atomic mass is 10.1. The van der Waals surface area contributed by atoms with Gasteiger partial charge in [0.2, 0.25) is 0 Å². The SMILES string of the molecule is COCCCNC(=O)/C(C#N)=C/c1cn(-c2ccccc2)nc1-c1cccnc1. The van der Waals surface area contributed by atoms with Crippen LogP contribution in [-0.4, -0.2) is 40.9 Å². The average Bonchev–Trinajstić information content (AvgIpc) is 3.20. The molecule has 0 fully saturated rings. The zero-order valence-electron chi connectivity index (χ0n) is 16.1. The third kappa shape index (κ3) is 5.15.